The Bertz CT molecular complexity index is 620. The summed E-state index contributed by atoms with van der Waals surface area (Å²) in [6.07, 6.45) is 1.75. The van der Waals surface area contributed by atoms with Crippen LogP contribution < -0.4 is 4.74 Å². The van der Waals surface area contributed by atoms with E-state index in [2.05, 4.69) is 0 Å². The normalized spacial score (nSPS) is 17.6. The van der Waals surface area contributed by atoms with Crippen LogP contribution in [0.25, 0.3) is 6.08 Å². The smallest absolute Gasteiger partial charge is 0.310 e. The van der Waals surface area contributed by atoms with Gasteiger partial charge in [0.05, 0.1) is 11.5 Å². The maximum atomic E-state index is 12.2. The Kier molecular flexibility index (Phi) is 3.14. The summed E-state index contributed by atoms with van der Waals surface area (Å²) in [5, 5.41) is 9.39. The SMILES string of the molecule is O=C(O)C1CN(C(=O)C2=Cc3cc(Cl)ccc3OC2)C1. The van der Waals surface area contributed by atoms with Crippen molar-refractivity contribution in [3.05, 3.63) is 34.4 Å². The van der Waals surface area contributed by atoms with Crippen LogP contribution in [-0.4, -0.2) is 41.6 Å². The van der Waals surface area contributed by atoms with Gasteiger partial charge in [0, 0.05) is 23.7 Å². The van der Waals surface area contributed by atoms with Crippen molar-refractivity contribution in [2.75, 3.05) is 19.7 Å². The number of carbonyl (C=O) groups excluding carboxylic acids is 1. The molecule has 1 N–H and O–H groups in total. The van der Waals surface area contributed by atoms with Crippen molar-refractivity contribution in [3.63, 3.8) is 0 Å². The van der Waals surface area contributed by atoms with E-state index in [1.807, 2.05) is 0 Å². The molecule has 1 aromatic carbocycles. The summed E-state index contributed by atoms with van der Waals surface area (Å²) in [5.74, 6) is -0.795. The second kappa shape index (κ2) is 4.83. The minimum atomic E-state index is -0.861. The lowest BCUT2D eigenvalue weighted by Crippen LogP contribution is -2.53. The van der Waals surface area contributed by atoms with Gasteiger partial charge in [0.15, 0.2) is 0 Å². The molecule has 2 aliphatic rings. The molecule has 0 saturated carbocycles. The lowest BCUT2D eigenvalue weighted by Gasteiger charge is -2.37. The zero-order valence-electron chi connectivity index (χ0n) is 10.5. The Hall–Kier alpha value is -2.01. The molecule has 6 heteroatoms. The van der Waals surface area contributed by atoms with E-state index >= 15 is 0 Å². The molecule has 0 aromatic heterocycles. The Morgan fingerprint density at radius 1 is 1.35 bits per heavy atom. The number of amides is 1. The minimum absolute atomic E-state index is 0.173. The highest BCUT2D eigenvalue weighted by Gasteiger charge is 2.37. The summed E-state index contributed by atoms with van der Waals surface area (Å²) >= 11 is 5.91. The van der Waals surface area contributed by atoms with Crippen molar-refractivity contribution in [2.45, 2.75) is 0 Å². The Labute approximate surface area is 120 Å². The van der Waals surface area contributed by atoms with Gasteiger partial charge in [-0.15, -0.1) is 0 Å². The Morgan fingerprint density at radius 2 is 2.10 bits per heavy atom. The number of ether oxygens (including phenoxy) is 1. The van der Waals surface area contributed by atoms with E-state index in [1.165, 1.54) is 4.90 Å². The summed E-state index contributed by atoms with van der Waals surface area (Å²) < 4.78 is 5.51. The number of aliphatic carboxylic acids is 1. The first-order valence-electron chi connectivity index (χ1n) is 6.19. The Balaban J connectivity index is 1.76. The highest BCUT2D eigenvalue weighted by atomic mass is 35.5. The largest absolute Gasteiger partial charge is 0.488 e. The van der Waals surface area contributed by atoms with E-state index in [0.717, 1.165) is 5.56 Å². The molecule has 1 amide bonds. The van der Waals surface area contributed by atoms with Crippen LogP contribution in [0.5, 0.6) is 5.75 Å². The lowest BCUT2D eigenvalue weighted by molar-refractivity contribution is -0.151. The van der Waals surface area contributed by atoms with Crippen LogP contribution in [0, 0.1) is 5.92 Å². The second-order valence-corrected chi connectivity index (χ2v) is 5.32. The molecule has 2 aliphatic heterocycles. The number of nitrogens with zero attached hydrogens (tertiary/aromatic N) is 1. The number of benzene rings is 1. The summed E-state index contributed by atoms with van der Waals surface area (Å²) in [7, 11) is 0. The standard InChI is InChI=1S/C14H12ClNO4/c15-11-1-2-12-8(4-11)3-9(7-20-12)13(17)16-5-10(6-16)14(18)19/h1-4,10H,5-7H2,(H,18,19). The number of halogens is 1. The number of carbonyl (C=O) groups is 2. The van der Waals surface area contributed by atoms with Crippen molar-refractivity contribution in [1.82, 2.24) is 4.90 Å². The zero-order valence-corrected chi connectivity index (χ0v) is 11.3. The molecule has 0 radical (unpaired) electrons. The van der Waals surface area contributed by atoms with E-state index in [0.29, 0.717) is 16.3 Å². The van der Waals surface area contributed by atoms with Crippen molar-refractivity contribution < 1.29 is 19.4 Å². The average Bonchev–Trinajstić information content (AvgIpc) is 2.35. The van der Waals surface area contributed by atoms with Gasteiger partial charge in [0.25, 0.3) is 5.91 Å². The van der Waals surface area contributed by atoms with E-state index in [4.69, 9.17) is 21.4 Å². The van der Waals surface area contributed by atoms with E-state index in [9.17, 15) is 9.59 Å². The summed E-state index contributed by atoms with van der Waals surface area (Å²) in [6, 6.07) is 5.23. The van der Waals surface area contributed by atoms with Gasteiger partial charge in [-0.1, -0.05) is 11.6 Å². The van der Waals surface area contributed by atoms with Crippen LogP contribution >= 0.6 is 11.6 Å². The third kappa shape index (κ3) is 2.25. The zero-order chi connectivity index (χ0) is 14.3. The van der Waals surface area contributed by atoms with Gasteiger partial charge in [0.2, 0.25) is 0 Å². The van der Waals surface area contributed by atoms with Crippen molar-refractivity contribution in [2.24, 2.45) is 5.92 Å². The first kappa shape index (κ1) is 13.0. The molecule has 2 heterocycles. The predicted octanol–water partition coefficient (Wildman–Crippen LogP) is 1.66. The molecule has 0 atom stereocenters. The number of carboxylic acids is 1. The molecular weight excluding hydrogens is 282 g/mol. The molecule has 3 rings (SSSR count). The molecule has 0 spiro atoms. The lowest BCUT2D eigenvalue weighted by atomic mass is 9.98. The van der Waals surface area contributed by atoms with Crippen molar-refractivity contribution >= 4 is 29.6 Å². The quantitative estimate of drug-likeness (QED) is 0.900. The number of hydrogen-bond donors (Lipinski definition) is 1. The van der Waals surface area contributed by atoms with E-state index < -0.39 is 11.9 Å². The predicted molar refractivity (Wildman–Crippen MR) is 72.6 cm³/mol. The third-order valence-corrected chi connectivity index (χ3v) is 3.71. The molecule has 5 nitrogen and oxygen atoms in total. The minimum Gasteiger partial charge on any atom is -0.488 e. The van der Waals surface area contributed by atoms with Crippen LogP contribution in [0.3, 0.4) is 0 Å². The number of likely N-dealkylation sites (tertiary alicyclic amines) is 1. The monoisotopic (exact) mass is 293 g/mol. The number of carboxylic acid groups (broad SMARTS) is 1. The molecule has 1 aromatic rings. The van der Waals surface area contributed by atoms with E-state index in [-0.39, 0.29) is 25.6 Å². The molecule has 0 bridgehead atoms. The molecule has 20 heavy (non-hydrogen) atoms. The van der Waals surface area contributed by atoms with E-state index in [1.54, 1.807) is 24.3 Å². The van der Waals surface area contributed by atoms with Crippen LogP contribution in [0.2, 0.25) is 5.02 Å². The topological polar surface area (TPSA) is 66.8 Å². The van der Waals surface area contributed by atoms with Crippen molar-refractivity contribution in [3.8, 4) is 5.75 Å². The van der Waals surface area contributed by atoms with Crippen LogP contribution in [0.15, 0.2) is 23.8 Å². The van der Waals surface area contributed by atoms with Gasteiger partial charge >= 0.3 is 5.97 Å². The van der Waals surface area contributed by atoms with Crippen molar-refractivity contribution in [1.29, 1.82) is 0 Å². The molecular formula is C14H12ClNO4. The summed E-state index contributed by atoms with van der Waals surface area (Å²) in [4.78, 5) is 24.4. The molecule has 0 unspecified atom stereocenters. The third-order valence-electron chi connectivity index (χ3n) is 3.48. The molecule has 104 valence electrons. The number of hydrogen-bond acceptors (Lipinski definition) is 3. The highest BCUT2D eigenvalue weighted by molar-refractivity contribution is 6.30. The molecule has 1 saturated heterocycles. The first-order chi connectivity index (χ1) is 9.54. The van der Waals surface area contributed by atoms with Gasteiger partial charge in [-0.2, -0.15) is 0 Å². The van der Waals surface area contributed by atoms with Gasteiger partial charge in [0.1, 0.15) is 12.4 Å². The molecule has 1 fully saturated rings. The number of rotatable bonds is 2. The fraction of sp³-hybridized carbons (Fsp3) is 0.286. The highest BCUT2D eigenvalue weighted by Crippen LogP contribution is 2.30. The van der Waals surface area contributed by atoms with Crippen LogP contribution in [0.1, 0.15) is 5.56 Å². The number of fused-ring (bicyclic) bond motifs is 1. The van der Waals surface area contributed by atoms with Gasteiger partial charge in [-0.3, -0.25) is 9.59 Å². The fourth-order valence-electron chi connectivity index (χ4n) is 2.28. The summed E-state index contributed by atoms with van der Waals surface area (Å²) in [5.41, 5.74) is 1.28. The maximum Gasteiger partial charge on any atom is 0.310 e. The van der Waals surface area contributed by atoms with Gasteiger partial charge in [-0.25, -0.2) is 0 Å². The van der Waals surface area contributed by atoms with Gasteiger partial charge in [-0.05, 0) is 24.3 Å². The van der Waals surface area contributed by atoms with Crippen LogP contribution in [0.4, 0.5) is 0 Å². The maximum absolute atomic E-state index is 12.2. The second-order valence-electron chi connectivity index (χ2n) is 4.89. The Morgan fingerprint density at radius 3 is 2.80 bits per heavy atom. The molecule has 0 aliphatic carbocycles. The average molecular weight is 294 g/mol. The van der Waals surface area contributed by atoms with Gasteiger partial charge < -0.3 is 14.7 Å². The summed E-state index contributed by atoms with van der Waals surface area (Å²) in [6.45, 7) is 0.712. The fourth-order valence-corrected chi connectivity index (χ4v) is 2.46. The van der Waals surface area contributed by atoms with Crippen LogP contribution in [-0.2, 0) is 9.59 Å². The first-order valence-corrected chi connectivity index (χ1v) is 6.57.